The van der Waals surface area contributed by atoms with Crippen LogP contribution in [0.25, 0.3) is 0 Å². The van der Waals surface area contributed by atoms with E-state index in [1.165, 1.54) is 31.5 Å². The van der Waals surface area contributed by atoms with Crippen LogP contribution in [0.15, 0.2) is 30.3 Å². The maximum atomic E-state index is 3.45. The summed E-state index contributed by atoms with van der Waals surface area (Å²) in [5.41, 5.74) is 1.43. The Morgan fingerprint density at radius 1 is 1.18 bits per heavy atom. The van der Waals surface area contributed by atoms with Crippen LogP contribution in [0, 0.1) is 0 Å². The summed E-state index contributed by atoms with van der Waals surface area (Å²) in [5, 5.41) is 3.45. The van der Waals surface area contributed by atoms with Gasteiger partial charge in [-0.1, -0.05) is 30.3 Å². The third-order valence-corrected chi connectivity index (χ3v) is 3.65. The Bertz CT molecular complexity index is 315. The van der Waals surface area contributed by atoms with E-state index in [0.29, 0.717) is 6.04 Å². The fraction of sp³-hybridized carbons (Fsp3) is 0.600. The summed E-state index contributed by atoms with van der Waals surface area (Å²) >= 11 is 0. The van der Waals surface area contributed by atoms with Crippen molar-refractivity contribution in [3.05, 3.63) is 35.9 Å². The van der Waals surface area contributed by atoms with Crippen molar-refractivity contribution in [3.8, 4) is 0 Å². The molecule has 1 saturated heterocycles. The molecule has 0 bridgehead atoms. The topological polar surface area (TPSA) is 15.3 Å². The van der Waals surface area contributed by atoms with E-state index >= 15 is 0 Å². The SMILES string of the molecule is CC(C)N(Cc1ccccc1)C1CCNCC1. The number of piperidine rings is 1. The van der Waals surface area contributed by atoms with E-state index in [1.807, 2.05) is 0 Å². The molecule has 0 aromatic heterocycles. The van der Waals surface area contributed by atoms with Gasteiger partial charge in [0, 0.05) is 18.6 Å². The van der Waals surface area contributed by atoms with Crippen LogP contribution < -0.4 is 5.32 Å². The smallest absolute Gasteiger partial charge is 0.0239 e. The molecule has 1 N–H and O–H groups in total. The zero-order chi connectivity index (χ0) is 12.1. The lowest BCUT2D eigenvalue weighted by atomic mass is 10.0. The summed E-state index contributed by atoms with van der Waals surface area (Å²) in [5.74, 6) is 0. The monoisotopic (exact) mass is 232 g/mol. The molecule has 0 aliphatic carbocycles. The van der Waals surface area contributed by atoms with E-state index in [2.05, 4.69) is 54.4 Å². The Balaban J connectivity index is 2.01. The highest BCUT2D eigenvalue weighted by Gasteiger charge is 2.22. The highest BCUT2D eigenvalue weighted by atomic mass is 15.2. The van der Waals surface area contributed by atoms with Crippen LogP contribution >= 0.6 is 0 Å². The molecule has 0 radical (unpaired) electrons. The second-order valence-corrected chi connectivity index (χ2v) is 5.23. The van der Waals surface area contributed by atoms with Gasteiger partial charge < -0.3 is 5.32 Å². The lowest BCUT2D eigenvalue weighted by Crippen LogP contribution is -2.45. The van der Waals surface area contributed by atoms with E-state index in [9.17, 15) is 0 Å². The van der Waals surface area contributed by atoms with Crippen molar-refractivity contribution >= 4 is 0 Å². The zero-order valence-electron chi connectivity index (χ0n) is 11.0. The van der Waals surface area contributed by atoms with Gasteiger partial charge in [0.25, 0.3) is 0 Å². The summed E-state index contributed by atoms with van der Waals surface area (Å²) < 4.78 is 0. The first-order chi connectivity index (χ1) is 8.27. The van der Waals surface area contributed by atoms with Crippen LogP contribution in [0.5, 0.6) is 0 Å². The van der Waals surface area contributed by atoms with E-state index in [1.54, 1.807) is 0 Å². The molecule has 1 aromatic rings. The van der Waals surface area contributed by atoms with Crippen molar-refractivity contribution < 1.29 is 0 Å². The van der Waals surface area contributed by atoms with Crippen molar-refractivity contribution in [2.75, 3.05) is 13.1 Å². The lowest BCUT2D eigenvalue weighted by Gasteiger charge is -2.37. The molecule has 94 valence electrons. The molecule has 1 aliphatic rings. The second kappa shape index (κ2) is 6.18. The average Bonchev–Trinajstić information content (AvgIpc) is 2.38. The third kappa shape index (κ3) is 3.55. The van der Waals surface area contributed by atoms with Crippen LogP contribution in [-0.2, 0) is 6.54 Å². The summed E-state index contributed by atoms with van der Waals surface area (Å²) in [6, 6.07) is 12.2. The van der Waals surface area contributed by atoms with Gasteiger partial charge in [0.15, 0.2) is 0 Å². The van der Waals surface area contributed by atoms with Gasteiger partial charge in [-0.2, -0.15) is 0 Å². The van der Waals surface area contributed by atoms with E-state index in [0.717, 1.165) is 12.6 Å². The number of hydrogen-bond acceptors (Lipinski definition) is 2. The normalized spacial score (nSPS) is 17.9. The predicted molar refractivity (Wildman–Crippen MR) is 73.0 cm³/mol. The Labute approximate surface area is 105 Å². The van der Waals surface area contributed by atoms with Crippen molar-refractivity contribution in [2.45, 2.75) is 45.3 Å². The minimum atomic E-state index is 0.623. The molecule has 2 nitrogen and oxygen atoms in total. The zero-order valence-corrected chi connectivity index (χ0v) is 11.0. The van der Waals surface area contributed by atoms with Crippen molar-refractivity contribution in [3.63, 3.8) is 0 Å². The highest BCUT2D eigenvalue weighted by Crippen LogP contribution is 2.18. The predicted octanol–water partition coefficient (Wildman–Crippen LogP) is 2.65. The van der Waals surface area contributed by atoms with Gasteiger partial charge in [0.2, 0.25) is 0 Å². The minimum Gasteiger partial charge on any atom is -0.317 e. The summed E-state index contributed by atoms with van der Waals surface area (Å²) in [4.78, 5) is 2.65. The van der Waals surface area contributed by atoms with Gasteiger partial charge in [-0.15, -0.1) is 0 Å². The highest BCUT2D eigenvalue weighted by molar-refractivity contribution is 5.14. The van der Waals surface area contributed by atoms with E-state index in [4.69, 9.17) is 0 Å². The molecule has 17 heavy (non-hydrogen) atoms. The average molecular weight is 232 g/mol. The number of rotatable bonds is 4. The fourth-order valence-electron chi connectivity index (χ4n) is 2.67. The molecule has 0 saturated carbocycles. The summed E-state index contributed by atoms with van der Waals surface area (Å²) in [6.45, 7) is 8.05. The maximum absolute atomic E-state index is 3.45. The first-order valence-corrected chi connectivity index (χ1v) is 6.78. The molecule has 1 aromatic carbocycles. The van der Waals surface area contributed by atoms with Crippen LogP contribution in [0.4, 0.5) is 0 Å². The number of nitrogens with one attached hydrogen (secondary N) is 1. The van der Waals surface area contributed by atoms with Gasteiger partial charge in [-0.25, -0.2) is 0 Å². The van der Waals surface area contributed by atoms with E-state index < -0.39 is 0 Å². The van der Waals surface area contributed by atoms with Gasteiger partial charge in [-0.3, -0.25) is 4.90 Å². The maximum Gasteiger partial charge on any atom is 0.0239 e. The molecule has 0 unspecified atom stereocenters. The second-order valence-electron chi connectivity index (χ2n) is 5.23. The molecular weight excluding hydrogens is 208 g/mol. The first kappa shape index (κ1) is 12.6. The quantitative estimate of drug-likeness (QED) is 0.858. The lowest BCUT2D eigenvalue weighted by molar-refractivity contribution is 0.117. The van der Waals surface area contributed by atoms with Crippen LogP contribution in [0.3, 0.4) is 0 Å². The van der Waals surface area contributed by atoms with Crippen molar-refractivity contribution in [1.82, 2.24) is 10.2 Å². The fourth-order valence-corrected chi connectivity index (χ4v) is 2.67. The molecule has 2 rings (SSSR count). The molecule has 0 atom stereocenters. The van der Waals surface area contributed by atoms with Gasteiger partial charge in [-0.05, 0) is 45.3 Å². The van der Waals surface area contributed by atoms with Crippen molar-refractivity contribution in [2.24, 2.45) is 0 Å². The number of hydrogen-bond donors (Lipinski definition) is 1. The number of benzene rings is 1. The Morgan fingerprint density at radius 3 is 2.41 bits per heavy atom. The molecular formula is C15H24N2. The molecule has 0 spiro atoms. The van der Waals surface area contributed by atoms with Gasteiger partial charge in [0.05, 0.1) is 0 Å². The standard InChI is InChI=1S/C15H24N2/c1-13(2)17(15-8-10-16-11-9-15)12-14-6-4-3-5-7-14/h3-7,13,15-16H,8-12H2,1-2H3. The first-order valence-electron chi connectivity index (χ1n) is 6.78. The summed E-state index contributed by atoms with van der Waals surface area (Å²) in [6.07, 6.45) is 2.57. The Hall–Kier alpha value is -0.860. The molecule has 2 heteroatoms. The molecule has 1 aliphatic heterocycles. The largest absolute Gasteiger partial charge is 0.317 e. The molecule has 0 amide bonds. The Morgan fingerprint density at radius 2 is 1.82 bits per heavy atom. The molecule has 1 fully saturated rings. The van der Waals surface area contributed by atoms with Gasteiger partial charge in [0.1, 0.15) is 0 Å². The van der Waals surface area contributed by atoms with Gasteiger partial charge >= 0.3 is 0 Å². The van der Waals surface area contributed by atoms with E-state index in [-0.39, 0.29) is 0 Å². The van der Waals surface area contributed by atoms with Crippen LogP contribution in [-0.4, -0.2) is 30.1 Å². The Kier molecular flexibility index (Phi) is 4.57. The minimum absolute atomic E-state index is 0.623. The third-order valence-electron chi connectivity index (χ3n) is 3.65. The van der Waals surface area contributed by atoms with Crippen molar-refractivity contribution in [1.29, 1.82) is 0 Å². The molecule has 1 heterocycles. The number of nitrogens with zero attached hydrogens (tertiary/aromatic N) is 1. The van der Waals surface area contributed by atoms with Crippen LogP contribution in [0.2, 0.25) is 0 Å². The summed E-state index contributed by atoms with van der Waals surface area (Å²) in [7, 11) is 0. The van der Waals surface area contributed by atoms with Crippen LogP contribution in [0.1, 0.15) is 32.3 Å².